The molecule has 1 heterocycles. The summed E-state index contributed by atoms with van der Waals surface area (Å²) in [5.41, 5.74) is 1.67. The van der Waals surface area contributed by atoms with Gasteiger partial charge in [0.05, 0.1) is 11.1 Å². The molecule has 136 valence electrons. The van der Waals surface area contributed by atoms with Gasteiger partial charge in [0.15, 0.2) is 0 Å². The van der Waals surface area contributed by atoms with Crippen LogP contribution in [0.15, 0.2) is 54.6 Å². The van der Waals surface area contributed by atoms with Crippen LogP contribution in [0.2, 0.25) is 0 Å². The standard InChI is InChI=1S/C21H24N2O3/c1-21(2)20(26)22(14-16-7-4-3-5-8-16)11-12-23(21)15-17-9-6-10-18(13-17)19(24)25/h3-10,13H,11-12,14-15H2,1-2H3,(H,24,25). The predicted molar refractivity (Wildman–Crippen MR) is 99.7 cm³/mol. The molecule has 2 aromatic carbocycles. The zero-order valence-electron chi connectivity index (χ0n) is 15.2. The lowest BCUT2D eigenvalue weighted by molar-refractivity contribution is -0.150. The lowest BCUT2D eigenvalue weighted by Gasteiger charge is -2.46. The number of carbonyl (C=O) groups excluding carboxylic acids is 1. The molecule has 26 heavy (non-hydrogen) atoms. The zero-order chi connectivity index (χ0) is 18.7. The SMILES string of the molecule is CC1(C)C(=O)N(Cc2ccccc2)CCN1Cc1cccc(C(=O)O)c1. The topological polar surface area (TPSA) is 60.9 Å². The van der Waals surface area contributed by atoms with E-state index in [0.29, 0.717) is 19.6 Å². The molecule has 1 fully saturated rings. The van der Waals surface area contributed by atoms with Gasteiger partial charge < -0.3 is 10.0 Å². The van der Waals surface area contributed by atoms with Crippen molar-refractivity contribution in [2.24, 2.45) is 0 Å². The zero-order valence-corrected chi connectivity index (χ0v) is 15.2. The van der Waals surface area contributed by atoms with Crippen LogP contribution in [-0.4, -0.2) is 45.4 Å². The van der Waals surface area contributed by atoms with E-state index in [2.05, 4.69) is 4.90 Å². The van der Waals surface area contributed by atoms with Crippen molar-refractivity contribution in [1.29, 1.82) is 0 Å². The molecule has 0 aliphatic carbocycles. The summed E-state index contributed by atoms with van der Waals surface area (Å²) in [5.74, 6) is -0.836. The fourth-order valence-electron chi connectivity index (χ4n) is 3.40. The van der Waals surface area contributed by atoms with Crippen LogP contribution < -0.4 is 0 Å². The largest absolute Gasteiger partial charge is 0.478 e. The van der Waals surface area contributed by atoms with Crippen LogP contribution in [0.3, 0.4) is 0 Å². The van der Waals surface area contributed by atoms with Gasteiger partial charge in [-0.1, -0.05) is 42.5 Å². The molecule has 1 aliphatic heterocycles. The van der Waals surface area contributed by atoms with Gasteiger partial charge in [-0.25, -0.2) is 4.79 Å². The molecule has 1 saturated heterocycles. The number of carboxylic acids is 1. The van der Waals surface area contributed by atoms with Crippen molar-refractivity contribution < 1.29 is 14.7 Å². The van der Waals surface area contributed by atoms with Crippen LogP contribution in [0.25, 0.3) is 0 Å². The van der Waals surface area contributed by atoms with Gasteiger partial charge in [0.2, 0.25) is 5.91 Å². The Kier molecular flexibility index (Phi) is 5.09. The second-order valence-corrected chi connectivity index (χ2v) is 7.20. The minimum atomic E-state index is -0.935. The van der Waals surface area contributed by atoms with Crippen molar-refractivity contribution in [2.45, 2.75) is 32.5 Å². The Hall–Kier alpha value is -2.66. The molecule has 2 aromatic rings. The Labute approximate surface area is 153 Å². The van der Waals surface area contributed by atoms with Crippen molar-refractivity contribution in [3.05, 3.63) is 71.3 Å². The third kappa shape index (κ3) is 3.78. The summed E-state index contributed by atoms with van der Waals surface area (Å²) in [6.07, 6.45) is 0. The monoisotopic (exact) mass is 352 g/mol. The quantitative estimate of drug-likeness (QED) is 0.899. The van der Waals surface area contributed by atoms with Crippen LogP contribution in [0.1, 0.15) is 35.3 Å². The van der Waals surface area contributed by atoms with Crippen LogP contribution in [0.4, 0.5) is 0 Å². The van der Waals surface area contributed by atoms with Crippen LogP contribution >= 0.6 is 0 Å². The number of carboxylic acid groups (broad SMARTS) is 1. The van der Waals surface area contributed by atoms with Gasteiger partial charge in [-0.2, -0.15) is 0 Å². The van der Waals surface area contributed by atoms with E-state index in [1.54, 1.807) is 18.2 Å². The number of amides is 1. The fourth-order valence-corrected chi connectivity index (χ4v) is 3.40. The van der Waals surface area contributed by atoms with Gasteiger partial charge in [0.25, 0.3) is 0 Å². The van der Waals surface area contributed by atoms with Crippen molar-refractivity contribution >= 4 is 11.9 Å². The molecule has 1 aliphatic rings. The van der Waals surface area contributed by atoms with E-state index < -0.39 is 11.5 Å². The maximum atomic E-state index is 13.0. The molecule has 5 nitrogen and oxygen atoms in total. The number of aromatic carboxylic acids is 1. The van der Waals surface area contributed by atoms with Crippen molar-refractivity contribution in [2.75, 3.05) is 13.1 Å². The van der Waals surface area contributed by atoms with Gasteiger partial charge in [-0.15, -0.1) is 0 Å². The molecule has 0 radical (unpaired) electrons. The van der Waals surface area contributed by atoms with Gasteiger partial charge >= 0.3 is 5.97 Å². The van der Waals surface area contributed by atoms with Gasteiger partial charge in [0, 0.05) is 26.2 Å². The Morgan fingerprint density at radius 2 is 1.69 bits per heavy atom. The van der Waals surface area contributed by atoms with E-state index in [9.17, 15) is 9.59 Å². The van der Waals surface area contributed by atoms with Crippen LogP contribution in [0, 0.1) is 0 Å². The highest BCUT2D eigenvalue weighted by Crippen LogP contribution is 2.26. The van der Waals surface area contributed by atoms with Gasteiger partial charge in [-0.3, -0.25) is 9.69 Å². The normalized spacial score (nSPS) is 17.3. The second kappa shape index (κ2) is 7.30. The van der Waals surface area contributed by atoms with E-state index in [1.807, 2.05) is 55.1 Å². The van der Waals surface area contributed by atoms with Gasteiger partial charge in [-0.05, 0) is 37.1 Å². The summed E-state index contributed by atoms with van der Waals surface area (Å²) in [4.78, 5) is 28.2. The molecule has 0 spiro atoms. The van der Waals surface area contributed by atoms with E-state index >= 15 is 0 Å². The minimum Gasteiger partial charge on any atom is -0.478 e. The van der Waals surface area contributed by atoms with E-state index in [4.69, 9.17) is 5.11 Å². The maximum absolute atomic E-state index is 13.0. The molecule has 1 N–H and O–H groups in total. The molecular formula is C21H24N2O3. The number of rotatable bonds is 5. The molecule has 0 aromatic heterocycles. The average molecular weight is 352 g/mol. The molecule has 3 rings (SSSR count). The minimum absolute atomic E-state index is 0.0991. The first kappa shape index (κ1) is 18.1. The molecule has 0 saturated carbocycles. The van der Waals surface area contributed by atoms with E-state index in [1.165, 1.54) is 0 Å². The highest BCUT2D eigenvalue weighted by atomic mass is 16.4. The van der Waals surface area contributed by atoms with E-state index in [-0.39, 0.29) is 11.5 Å². The lowest BCUT2D eigenvalue weighted by atomic mass is 9.95. The molecule has 1 amide bonds. The summed E-state index contributed by atoms with van der Waals surface area (Å²) in [6.45, 7) is 6.46. The summed E-state index contributed by atoms with van der Waals surface area (Å²) >= 11 is 0. The first-order valence-electron chi connectivity index (χ1n) is 8.78. The lowest BCUT2D eigenvalue weighted by Crippen LogP contribution is -2.62. The highest BCUT2D eigenvalue weighted by Gasteiger charge is 2.41. The fraction of sp³-hybridized carbons (Fsp3) is 0.333. The third-order valence-corrected chi connectivity index (χ3v) is 5.00. The van der Waals surface area contributed by atoms with Crippen LogP contribution in [0.5, 0.6) is 0 Å². The molecular weight excluding hydrogens is 328 g/mol. The van der Waals surface area contributed by atoms with Crippen molar-refractivity contribution in [1.82, 2.24) is 9.80 Å². The Morgan fingerprint density at radius 3 is 2.38 bits per heavy atom. The third-order valence-electron chi connectivity index (χ3n) is 5.00. The number of piperazine rings is 1. The Morgan fingerprint density at radius 1 is 1.00 bits per heavy atom. The molecule has 0 atom stereocenters. The molecule has 5 heteroatoms. The van der Waals surface area contributed by atoms with Crippen molar-refractivity contribution in [3.8, 4) is 0 Å². The first-order chi connectivity index (χ1) is 12.4. The number of hydrogen-bond donors (Lipinski definition) is 1. The van der Waals surface area contributed by atoms with Crippen molar-refractivity contribution in [3.63, 3.8) is 0 Å². The maximum Gasteiger partial charge on any atom is 0.335 e. The number of carbonyl (C=O) groups is 2. The highest BCUT2D eigenvalue weighted by molar-refractivity contribution is 5.88. The predicted octanol–water partition coefficient (Wildman–Crippen LogP) is 3.01. The summed E-state index contributed by atoms with van der Waals surface area (Å²) in [5, 5.41) is 9.16. The molecule has 0 bridgehead atoms. The smallest absolute Gasteiger partial charge is 0.335 e. The number of benzene rings is 2. The summed E-state index contributed by atoms with van der Waals surface area (Å²) < 4.78 is 0. The van der Waals surface area contributed by atoms with E-state index in [0.717, 1.165) is 17.7 Å². The van der Waals surface area contributed by atoms with Gasteiger partial charge in [0.1, 0.15) is 0 Å². The number of hydrogen-bond acceptors (Lipinski definition) is 3. The summed E-state index contributed by atoms with van der Waals surface area (Å²) in [7, 11) is 0. The Balaban J connectivity index is 1.72. The Bertz CT molecular complexity index is 802. The average Bonchev–Trinajstić information content (AvgIpc) is 2.63. The second-order valence-electron chi connectivity index (χ2n) is 7.20. The molecule has 0 unspecified atom stereocenters. The summed E-state index contributed by atoms with van der Waals surface area (Å²) in [6, 6.07) is 16.9. The first-order valence-corrected chi connectivity index (χ1v) is 8.78. The number of nitrogens with zero attached hydrogens (tertiary/aromatic N) is 2. The van der Waals surface area contributed by atoms with Crippen LogP contribution in [-0.2, 0) is 17.9 Å².